The number of halogens is 1. The molecular weight excluding hydrogens is 218 g/mol. The standard InChI is InChI=1S/C8H8BrN3/c9-5-6-12-8-4-2-1-3-7(8)10-11-12/h1-4H,5-6H2. The number of alkyl halides is 1. The summed E-state index contributed by atoms with van der Waals surface area (Å²) in [5.41, 5.74) is 2.05. The number of aromatic nitrogens is 3. The van der Waals surface area contributed by atoms with Gasteiger partial charge < -0.3 is 0 Å². The molecule has 0 bridgehead atoms. The number of benzene rings is 1. The van der Waals surface area contributed by atoms with Crippen LogP contribution in [0.25, 0.3) is 11.0 Å². The predicted octanol–water partition coefficient (Wildman–Crippen LogP) is 1.83. The first-order valence-electron chi connectivity index (χ1n) is 3.76. The molecule has 1 aromatic heterocycles. The summed E-state index contributed by atoms with van der Waals surface area (Å²) in [4.78, 5) is 0. The zero-order valence-corrected chi connectivity index (χ0v) is 8.03. The van der Waals surface area contributed by atoms with E-state index >= 15 is 0 Å². The summed E-state index contributed by atoms with van der Waals surface area (Å²) in [7, 11) is 0. The Morgan fingerprint density at radius 1 is 1.33 bits per heavy atom. The first kappa shape index (κ1) is 7.73. The molecule has 62 valence electrons. The van der Waals surface area contributed by atoms with Crippen LogP contribution < -0.4 is 0 Å². The van der Waals surface area contributed by atoms with Gasteiger partial charge in [-0.25, -0.2) is 4.68 Å². The molecule has 0 saturated carbocycles. The summed E-state index contributed by atoms with van der Waals surface area (Å²) in [6.45, 7) is 0.862. The molecule has 1 aromatic carbocycles. The van der Waals surface area contributed by atoms with Gasteiger partial charge in [0.1, 0.15) is 5.52 Å². The van der Waals surface area contributed by atoms with E-state index in [1.165, 1.54) is 0 Å². The summed E-state index contributed by atoms with van der Waals surface area (Å²) in [6, 6.07) is 7.96. The number of aryl methyl sites for hydroxylation is 1. The van der Waals surface area contributed by atoms with Gasteiger partial charge in [-0.3, -0.25) is 0 Å². The normalized spacial score (nSPS) is 10.8. The maximum absolute atomic E-state index is 4.03. The lowest BCUT2D eigenvalue weighted by molar-refractivity contribution is 0.654. The lowest BCUT2D eigenvalue weighted by Crippen LogP contribution is -2.00. The van der Waals surface area contributed by atoms with E-state index in [2.05, 4.69) is 26.2 Å². The molecule has 0 N–H and O–H groups in total. The van der Waals surface area contributed by atoms with E-state index in [4.69, 9.17) is 0 Å². The maximum Gasteiger partial charge on any atom is 0.113 e. The Kier molecular flexibility index (Phi) is 2.08. The summed E-state index contributed by atoms with van der Waals surface area (Å²) < 4.78 is 1.89. The number of para-hydroxylation sites is 1. The smallest absolute Gasteiger partial charge is 0.113 e. The van der Waals surface area contributed by atoms with Gasteiger partial charge >= 0.3 is 0 Å². The summed E-state index contributed by atoms with van der Waals surface area (Å²) in [5, 5.41) is 8.95. The molecule has 2 rings (SSSR count). The van der Waals surface area contributed by atoms with Crippen molar-refractivity contribution in [2.45, 2.75) is 6.54 Å². The molecule has 0 saturated heterocycles. The second-order valence-electron chi connectivity index (χ2n) is 2.49. The number of rotatable bonds is 2. The average molecular weight is 226 g/mol. The topological polar surface area (TPSA) is 30.7 Å². The molecule has 2 aromatic rings. The van der Waals surface area contributed by atoms with Crippen molar-refractivity contribution < 1.29 is 0 Å². The second kappa shape index (κ2) is 3.23. The fraction of sp³-hybridized carbons (Fsp3) is 0.250. The van der Waals surface area contributed by atoms with E-state index in [0.29, 0.717) is 0 Å². The monoisotopic (exact) mass is 225 g/mol. The number of nitrogens with zero attached hydrogens (tertiary/aromatic N) is 3. The molecule has 1 heterocycles. The molecule has 0 radical (unpaired) electrons. The van der Waals surface area contributed by atoms with Crippen LogP contribution in [-0.4, -0.2) is 20.3 Å². The SMILES string of the molecule is BrCCn1nnc2ccccc21. The van der Waals surface area contributed by atoms with Gasteiger partial charge in [0.2, 0.25) is 0 Å². The fourth-order valence-corrected chi connectivity index (χ4v) is 1.50. The Morgan fingerprint density at radius 2 is 2.17 bits per heavy atom. The Morgan fingerprint density at radius 3 is 3.00 bits per heavy atom. The third-order valence-electron chi connectivity index (χ3n) is 1.72. The van der Waals surface area contributed by atoms with Crippen LogP contribution in [0.4, 0.5) is 0 Å². The first-order valence-corrected chi connectivity index (χ1v) is 4.88. The van der Waals surface area contributed by atoms with Gasteiger partial charge in [0, 0.05) is 5.33 Å². The minimum Gasteiger partial charge on any atom is -0.244 e. The minimum atomic E-state index is 0.862. The van der Waals surface area contributed by atoms with Gasteiger partial charge in [-0.05, 0) is 12.1 Å². The van der Waals surface area contributed by atoms with Crippen molar-refractivity contribution in [1.82, 2.24) is 15.0 Å². The number of hydrogen-bond acceptors (Lipinski definition) is 2. The quantitative estimate of drug-likeness (QED) is 0.731. The summed E-state index contributed by atoms with van der Waals surface area (Å²) in [5.74, 6) is 0. The highest BCUT2D eigenvalue weighted by Gasteiger charge is 2.00. The Bertz CT molecular complexity index is 382. The van der Waals surface area contributed by atoms with E-state index in [0.717, 1.165) is 22.9 Å². The Balaban J connectivity index is 2.55. The number of hydrogen-bond donors (Lipinski definition) is 0. The fourth-order valence-electron chi connectivity index (χ4n) is 1.16. The van der Waals surface area contributed by atoms with Crippen molar-refractivity contribution in [2.75, 3.05) is 5.33 Å². The Labute approximate surface area is 78.5 Å². The van der Waals surface area contributed by atoms with Crippen LogP contribution in [0, 0.1) is 0 Å². The van der Waals surface area contributed by atoms with Gasteiger partial charge in [0.05, 0.1) is 12.1 Å². The Hall–Kier alpha value is -0.900. The van der Waals surface area contributed by atoms with E-state index in [-0.39, 0.29) is 0 Å². The molecule has 3 nitrogen and oxygen atoms in total. The van der Waals surface area contributed by atoms with Crippen LogP contribution in [-0.2, 0) is 6.54 Å². The van der Waals surface area contributed by atoms with Gasteiger partial charge in [0.25, 0.3) is 0 Å². The van der Waals surface area contributed by atoms with Crippen LogP contribution in [0.1, 0.15) is 0 Å². The van der Waals surface area contributed by atoms with Crippen molar-refractivity contribution in [3.05, 3.63) is 24.3 Å². The molecule has 4 heteroatoms. The third kappa shape index (κ3) is 1.22. The lowest BCUT2D eigenvalue weighted by atomic mass is 10.3. The largest absolute Gasteiger partial charge is 0.244 e. The molecule has 0 spiro atoms. The highest BCUT2D eigenvalue weighted by atomic mass is 79.9. The lowest BCUT2D eigenvalue weighted by Gasteiger charge is -1.95. The first-order chi connectivity index (χ1) is 5.92. The van der Waals surface area contributed by atoms with Crippen molar-refractivity contribution in [2.24, 2.45) is 0 Å². The van der Waals surface area contributed by atoms with Crippen LogP contribution in [0.15, 0.2) is 24.3 Å². The summed E-state index contributed by atoms with van der Waals surface area (Å²) in [6.07, 6.45) is 0. The molecule has 0 fully saturated rings. The predicted molar refractivity (Wildman–Crippen MR) is 51.3 cm³/mol. The van der Waals surface area contributed by atoms with Gasteiger partial charge in [-0.2, -0.15) is 0 Å². The van der Waals surface area contributed by atoms with Crippen molar-refractivity contribution >= 4 is 27.0 Å². The zero-order valence-electron chi connectivity index (χ0n) is 6.44. The van der Waals surface area contributed by atoms with E-state index < -0.39 is 0 Å². The minimum absolute atomic E-state index is 0.862. The van der Waals surface area contributed by atoms with Crippen LogP contribution >= 0.6 is 15.9 Å². The van der Waals surface area contributed by atoms with Crippen LogP contribution in [0.3, 0.4) is 0 Å². The average Bonchev–Trinajstić information content (AvgIpc) is 2.50. The molecule has 0 amide bonds. The van der Waals surface area contributed by atoms with Crippen molar-refractivity contribution in [1.29, 1.82) is 0 Å². The van der Waals surface area contributed by atoms with E-state index in [1.807, 2.05) is 28.9 Å². The molecule has 0 unspecified atom stereocenters. The molecule has 0 aliphatic heterocycles. The third-order valence-corrected chi connectivity index (χ3v) is 2.07. The highest BCUT2D eigenvalue weighted by molar-refractivity contribution is 9.09. The van der Waals surface area contributed by atoms with E-state index in [9.17, 15) is 0 Å². The maximum atomic E-state index is 4.03. The van der Waals surface area contributed by atoms with Crippen molar-refractivity contribution in [3.8, 4) is 0 Å². The number of fused-ring (bicyclic) bond motifs is 1. The van der Waals surface area contributed by atoms with Crippen LogP contribution in [0.2, 0.25) is 0 Å². The molecule has 12 heavy (non-hydrogen) atoms. The van der Waals surface area contributed by atoms with Gasteiger partial charge in [0.15, 0.2) is 0 Å². The molecule has 0 aliphatic rings. The molecular formula is C8H8BrN3. The zero-order chi connectivity index (χ0) is 8.39. The summed E-state index contributed by atoms with van der Waals surface area (Å²) >= 11 is 3.37. The molecule has 0 aliphatic carbocycles. The van der Waals surface area contributed by atoms with Crippen molar-refractivity contribution in [3.63, 3.8) is 0 Å². The second-order valence-corrected chi connectivity index (χ2v) is 3.28. The van der Waals surface area contributed by atoms with Gasteiger partial charge in [-0.15, -0.1) is 5.10 Å². The highest BCUT2D eigenvalue weighted by Crippen LogP contribution is 2.09. The van der Waals surface area contributed by atoms with Gasteiger partial charge in [-0.1, -0.05) is 33.3 Å². The van der Waals surface area contributed by atoms with Crippen LogP contribution in [0.5, 0.6) is 0 Å². The van der Waals surface area contributed by atoms with E-state index in [1.54, 1.807) is 0 Å². The molecule has 0 atom stereocenters.